The van der Waals surface area contributed by atoms with Gasteiger partial charge < -0.3 is 4.74 Å². The van der Waals surface area contributed by atoms with Crippen molar-refractivity contribution in [3.05, 3.63) is 59.5 Å². The smallest absolute Gasteiger partial charge is 0.124 e. The van der Waals surface area contributed by atoms with Crippen molar-refractivity contribution in [2.24, 2.45) is 0 Å². The lowest BCUT2D eigenvalue weighted by Crippen LogP contribution is -1.83. The first-order valence-electron chi connectivity index (χ1n) is 6.43. The number of nitrogens with zero attached hydrogens (tertiary/aromatic N) is 1. The van der Waals surface area contributed by atoms with Crippen LogP contribution in [-0.2, 0) is 0 Å². The summed E-state index contributed by atoms with van der Waals surface area (Å²) in [7, 11) is 1.67. The number of rotatable bonds is 3. The number of ether oxygens (including phenoxy) is 1. The summed E-state index contributed by atoms with van der Waals surface area (Å²) in [6.07, 6.45) is 0. The van der Waals surface area contributed by atoms with Crippen molar-refractivity contribution < 1.29 is 4.74 Å². The second kappa shape index (κ2) is 5.47. The third-order valence-electron chi connectivity index (χ3n) is 3.19. The van der Waals surface area contributed by atoms with Gasteiger partial charge >= 0.3 is 0 Å². The minimum Gasteiger partial charge on any atom is -0.497 e. The van der Waals surface area contributed by atoms with Gasteiger partial charge in [-0.1, -0.05) is 29.8 Å². The maximum atomic E-state index is 5.17. The van der Waals surface area contributed by atoms with Crippen LogP contribution in [0.25, 0.3) is 21.8 Å². The van der Waals surface area contributed by atoms with Crippen LogP contribution in [0.5, 0.6) is 5.75 Å². The minimum atomic E-state index is 0.865. The molecule has 0 fully saturated rings. The molecule has 3 aromatic rings. The summed E-state index contributed by atoms with van der Waals surface area (Å²) in [5, 5.41) is 3.13. The zero-order chi connectivity index (χ0) is 13.9. The fourth-order valence-electron chi connectivity index (χ4n) is 2.00. The number of hydrogen-bond acceptors (Lipinski definition) is 3. The van der Waals surface area contributed by atoms with Crippen molar-refractivity contribution in [2.45, 2.75) is 6.92 Å². The number of thiazole rings is 1. The van der Waals surface area contributed by atoms with Crippen molar-refractivity contribution in [3.63, 3.8) is 0 Å². The van der Waals surface area contributed by atoms with Gasteiger partial charge in [-0.3, -0.25) is 0 Å². The third-order valence-corrected chi connectivity index (χ3v) is 4.08. The molecule has 20 heavy (non-hydrogen) atoms. The molecule has 0 bridgehead atoms. The highest BCUT2D eigenvalue weighted by Gasteiger charge is 2.06. The maximum absolute atomic E-state index is 5.17. The number of methoxy groups -OCH3 is 1. The summed E-state index contributed by atoms with van der Waals surface area (Å²) < 4.78 is 5.17. The minimum absolute atomic E-state index is 0.865. The van der Waals surface area contributed by atoms with Gasteiger partial charge in [-0.25, -0.2) is 4.98 Å². The highest BCUT2D eigenvalue weighted by Crippen LogP contribution is 2.29. The van der Waals surface area contributed by atoms with Crippen LogP contribution in [0.2, 0.25) is 0 Å². The van der Waals surface area contributed by atoms with Gasteiger partial charge in [-0.05, 0) is 31.2 Å². The van der Waals surface area contributed by atoms with E-state index < -0.39 is 0 Å². The van der Waals surface area contributed by atoms with Gasteiger partial charge in [-0.2, -0.15) is 0 Å². The van der Waals surface area contributed by atoms with Crippen LogP contribution in [0.1, 0.15) is 5.56 Å². The Balaban J connectivity index is 1.91. The van der Waals surface area contributed by atoms with E-state index in [0.717, 1.165) is 27.6 Å². The van der Waals surface area contributed by atoms with E-state index in [1.54, 1.807) is 18.4 Å². The van der Waals surface area contributed by atoms with Gasteiger partial charge in [0.2, 0.25) is 0 Å². The summed E-state index contributed by atoms with van der Waals surface area (Å²) in [4.78, 5) is 4.71. The Morgan fingerprint density at radius 3 is 2.20 bits per heavy atom. The third kappa shape index (κ3) is 2.58. The predicted octanol–water partition coefficient (Wildman–Crippen LogP) is 4.79. The highest BCUT2D eigenvalue weighted by atomic mass is 32.1. The van der Waals surface area contributed by atoms with Crippen LogP contribution in [-0.4, -0.2) is 12.1 Å². The Morgan fingerprint density at radius 2 is 1.55 bits per heavy atom. The van der Waals surface area contributed by atoms with E-state index >= 15 is 0 Å². The molecule has 0 N–H and O–H groups in total. The van der Waals surface area contributed by atoms with E-state index in [0.29, 0.717) is 0 Å². The zero-order valence-electron chi connectivity index (χ0n) is 11.5. The number of aryl methyl sites for hydroxylation is 1. The molecule has 3 rings (SSSR count). The van der Waals surface area contributed by atoms with E-state index in [4.69, 9.17) is 9.72 Å². The first kappa shape index (κ1) is 12.9. The standard InChI is InChI=1S/C17H15NOS/c1-12-3-5-13(6-4-12)16-11-20-17(18-16)14-7-9-15(19-2)10-8-14/h3-11H,1-2H3. The van der Waals surface area contributed by atoms with Gasteiger partial charge in [0.1, 0.15) is 10.8 Å². The lowest BCUT2D eigenvalue weighted by molar-refractivity contribution is 0.415. The summed E-state index contributed by atoms with van der Waals surface area (Å²) in [6, 6.07) is 16.4. The van der Waals surface area contributed by atoms with E-state index in [-0.39, 0.29) is 0 Å². The zero-order valence-corrected chi connectivity index (χ0v) is 12.3. The Labute approximate surface area is 122 Å². The van der Waals surface area contributed by atoms with Crippen molar-refractivity contribution in [2.75, 3.05) is 7.11 Å². The average Bonchev–Trinajstić information content (AvgIpc) is 2.98. The lowest BCUT2D eigenvalue weighted by atomic mass is 10.1. The molecule has 0 aliphatic carbocycles. The Morgan fingerprint density at radius 1 is 0.900 bits per heavy atom. The molecule has 100 valence electrons. The molecular formula is C17H15NOS. The number of aromatic nitrogens is 1. The van der Waals surface area contributed by atoms with E-state index in [1.807, 2.05) is 24.3 Å². The van der Waals surface area contributed by atoms with E-state index in [9.17, 15) is 0 Å². The lowest BCUT2D eigenvalue weighted by Gasteiger charge is -2.00. The predicted molar refractivity (Wildman–Crippen MR) is 84.3 cm³/mol. The summed E-state index contributed by atoms with van der Waals surface area (Å²) in [5.41, 5.74) is 4.57. The van der Waals surface area contributed by atoms with Crippen LogP contribution < -0.4 is 4.74 Å². The molecule has 0 aliphatic rings. The topological polar surface area (TPSA) is 22.1 Å². The molecule has 0 spiro atoms. The van der Waals surface area contributed by atoms with Gasteiger partial charge in [0.05, 0.1) is 12.8 Å². The maximum Gasteiger partial charge on any atom is 0.124 e. The Bertz CT molecular complexity index is 699. The molecule has 0 radical (unpaired) electrons. The van der Waals surface area contributed by atoms with Crippen molar-refractivity contribution in [1.29, 1.82) is 0 Å². The van der Waals surface area contributed by atoms with E-state index in [2.05, 4.69) is 36.6 Å². The molecule has 3 heteroatoms. The van der Waals surface area contributed by atoms with Gasteiger partial charge in [-0.15, -0.1) is 11.3 Å². The van der Waals surface area contributed by atoms with Crippen molar-refractivity contribution >= 4 is 11.3 Å². The van der Waals surface area contributed by atoms with Gasteiger partial charge in [0.15, 0.2) is 0 Å². The van der Waals surface area contributed by atoms with Crippen molar-refractivity contribution in [3.8, 4) is 27.6 Å². The monoisotopic (exact) mass is 281 g/mol. The summed E-state index contributed by atoms with van der Waals surface area (Å²) in [6.45, 7) is 2.09. The fraction of sp³-hybridized carbons (Fsp3) is 0.118. The molecule has 0 amide bonds. The summed E-state index contributed by atoms with van der Waals surface area (Å²) >= 11 is 1.66. The van der Waals surface area contributed by atoms with Crippen LogP contribution in [0, 0.1) is 6.92 Å². The van der Waals surface area contributed by atoms with Crippen LogP contribution in [0.3, 0.4) is 0 Å². The molecule has 0 unspecified atom stereocenters. The molecule has 2 aromatic carbocycles. The Kier molecular flexibility index (Phi) is 3.52. The number of benzene rings is 2. The fourth-order valence-corrected chi connectivity index (χ4v) is 2.83. The molecule has 1 heterocycles. The van der Waals surface area contributed by atoms with Gasteiger partial charge in [0, 0.05) is 16.5 Å². The first-order chi connectivity index (χ1) is 9.76. The quantitative estimate of drug-likeness (QED) is 0.688. The molecule has 0 saturated heterocycles. The Hall–Kier alpha value is -2.13. The van der Waals surface area contributed by atoms with E-state index in [1.165, 1.54) is 5.56 Å². The second-order valence-corrected chi connectivity index (χ2v) is 5.49. The molecular weight excluding hydrogens is 266 g/mol. The van der Waals surface area contributed by atoms with Crippen LogP contribution in [0.4, 0.5) is 0 Å². The largest absolute Gasteiger partial charge is 0.497 e. The molecule has 2 nitrogen and oxygen atoms in total. The molecule has 0 saturated carbocycles. The first-order valence-corrected chi connectivity index (χ1v) is 7.31. The van der Waals surface area contributed by atoms with Crippen LogP contribution in [0.15, 0.2) is 53.9 Å². The highest BCUT2D eigenvalue weighted by molar-refractivity contribution is 7.13. The summed E-state index contributed by atoms with van der Waals surface area (Å²) in [5.74, 6) is 0.865. The average molecular weight is 281 g/mol. The SMILES string of the molecule is COc1ccc(-c2nc(-c3ccc(C)cc3)cs2)cc1. The number of hydrogen-bond donors (Lipinski definition) is 0. The normalized spacial score (nSPS) is 10.5. The second-order valence-electron chi connectivity index (χ2n) is 4.63. The van der Waals surface area contributed by atoms with Crippen molar-refractivity contribution in [1.82, 2.24) is 4.98 Å². The molecule has 0 aliphatic heterocycles. The van der Waals surface area contributed by atoms with Gasteiger partial charge in [0.25, 0.3) is 0 Å². The molecule has 0 atom stereocenters. The van der Waals surface area contributed by atoms with Crippen LogP contribution >= 0.6 is 11.3 Å². The molecule has 1 aromatic heterocycles.